The molecular weight excluding hydrogens is 244 g/mol. The summed E-state index contributed by atoms with van der Waals surface area (Å²) in [7, 11) is 0. The van der Waals surface area contributed by atoms with Gasteiger partial charge in [0.15, 0.2) is 0 Å². The molecule has 3 aromatic rings. The molecule has 20 heavy (non-hydrogen) atoms. The van der Waals surface area contributed by atoms with Crippen molar-refractivity contribution in [1.29, 1.82) is 0 Å². The Morgan fingerprint density at radius 3 is 2.50 bits per heavy atom. The monoisotopic (exact) mass is 258 g/mol. The van der Waals surface area contributed by atoms with Crippen molar-refractivity contribution in [3.63, 3.8) is 0 Å². The highest BCUT2D eigenvalue weighted by molar-refractivity contribution is 5.74. The predicted molar refractivity (Wildman–Crippen MR) is 79.5 cm³/mol. The number of fused-ring (bicyclic) bond motifs is 3. The Morgan fingerprint density at radius 1 is 0.850 bits per heavy atom. The lowest BCUT2D eigenvalue weighted by Crippen LogP contribution is -2.13. The van der Waals surface area contributed by atoms with Crippen LogP contribution in [0.1, 0.15) is 22.7 Å². The van der Waals surface area contributed by atoms with Gasteiger partial charge in [0.2, 0.25) is 0 Å². The summed E-state index contributed by atoms with van der Waals surface area (Å²) in [6, 6.07) is 17.3. The minimum Gasteiger partial charge on any atom is -0.261 e. The zero-order chi connectivity index (χ0) is 13.4. The largest absolute Gasteiger partial charge is 0.261 e. The van der Waals surface area contributed by atoms with Gasteiger partial charge in [0.05, 0.1) is 5.69 Å². The first-order chi connectivity index (χ1) is 9.93. The summed E-state index contributed by atoms with van der Waals surface area (Å²) in [4.78, 5) is 8.74. The van der Waals surface area contributed by atoms with E-state index in [1.807, 2.05) is 6.20 Å². The fourth-order valence-corrected chi connectivity index (χ4v) is 3.09. The van der Waals surface area contributed by atoms with Crippen LogP contribution >= 0.6 is 0 Å². The molecule has 0 radical (unpaired) electrons. The summed E-state index contributed by atoms with van der Waals surface area (Å²) >= 11 is 0. The highest BCUT2D eigenvalue weighted by atomic mass is 14.8. The lowest BCUT2D eigenvalue weighted by molar-refractivity contribution is 0.757. The molecule has 0 saturated carbocycles. The number of hydrogen-bond acceptors (Lipinski definition) is 2. The number of aromatic nitrogens is 2. The van der Waals surface area contributed by atoms with Crippen LogP contribution in [0.4, 0.5) is 0 Å². The maximum Gasteiger partial charge on any atom is 0.0664 e. The maximum absolute atomic E-state index is 4.51. The minimum atomic E-state index is 0.301. The number of benzene rings is 2. The van der Waals surface area contributed by atoms with Crippen molar-refractivity contribution in [2.45, 2.75) is 12.3 Å². The molecule has 2 aromatic carbocycles. The first kappa shape index (κ1) is 11.4. The molecule has 0 bridgehead atoms. The Kier molecular flexibility index (Phi) is 2.59. The first-order valence-corrected chi connectivity index (χ1v) is 6.86. The Labute approximate surface area is 118 Å². The summed E-state index contributed by atoms with van der Waals surface area (Å²) in [5.41, 5.74) is 6.47. The van der Waals surface area contributed by atoms with Gasteiger partial charge in [0.25, 0.3) is 0 Å². The second-order valence-corrected chi connectivity index (χ2v) is 5.13. The first-order valence-electron chi connectivity index (χ1n) is 6.86. The minimum absolute atomic E-state index is 0.301. The standard InChI is InChI=1S/C18H14N2/c1-2-6-14-13(5-1)11-17(18-12-19-9-10-20-18)16-8-4-3-7-15(14)16/h1-10,12,17H,11H2. The normalized spacial score (nSPS) is 16.3. The molecule has 2 nitrogen and oxygen atoms in total. The van der Waals surface area contributed by atoms with Crippen LogP contribution in [0, 0.1) is 0 Å². The van der Waals surface area contributed by atoms with Crippen LogP contribution in [0.5, 0.6) is 0 Å². The van der Waals surface area contributed by atoms with Crippen LogP contribution in [-0.4, -0.2) is 9.97 Å². The van der Waals surface area contributed by atoms with E-state index < -0.39 is 0 Å². The molecule has 1 heterocycles. The summed E-state index contributed by atoms with van der Waals surface area (Å²) in [6.45, 7) is 0. The topological polar surface area (TPSA) is 25.8 Å². The SMILES string of the molecule is c1ccc2c(c1)CC(c1cnccn1)c1ccccc1-2. The second-order valence-electron chi connectivity index (χ2n) is 5.13. The lowest BCUT2D eigenvalue weighted by Gasteiger charge is -2.27. The average molecular weight is 258 g/mol. The van der Waals surface area contributed by atoms with Gasteiger partial charge in [0.1, 0.15) is 0 Å². The molecule has 0 fully saturated rings. The molecule has 1 unspecified atom stereocenters. The van der Waals surface area contributed by atoms with Crippen LogP contribution in [0.2, 0.25) is 0 Å². The lowest BCUT2D eigenvalue weighted by atomic mass is 9.77. The molecule has 96 valence electrons. The molecule has 0 amide bonds. The summed E-state index contributed by atoms with van der Waals surface area (Å²) in [6.07, 6.45) is 6.38. The van der Waals surface area contributed by atoms with E-state index in [1.165, 1.54) is 22.3 Å². The van der Waals surface area contributed by atoms with Gasteiger partial charge in [-0.25, -0.2) is 0 Å². The van der Waals surface area contributed by atoms with Gasteiger partial charge in [-0.05, 0) is 28.7 Å². The summed E-state index contributed by atoms with van der Waals surface area (Å²) < 4.78 is 0. The van der Waals surface area contributed by atoms with Crippen molar-refractivity contribution in [1.82, 2.24) is 9.97 Å². The highest BCUT2D eigenvalue weighted by Gasteiger charge is 2.26. The van der Waals surface area contributed by atoms with Gasteiger partial charge in [-0.3, -0.25) is 9.97 Å². The molecule has 0 saturated heterocycles. The quantitative estimate of drug-likeness (QED) is 0.663. The molecule has 0 aliphatic heterocycles. The average Bonchev–Trinajstić information content (AvgIpc) is 2.55. The van der Waals surface area contributed by atoms with Crippen molar-refractivity contribution < 1.29 is 0 Å². The molecule has 0 N–H and O–H groups in total. The molecule has 1 aromatic heterocycles. The van der Waals surface area contributed by atoms with Crippen molar-refractivity contribution in [3.8, 4) is 11.1 Å². The van der Waals surface area contributed by atoms with E-state index in [-0.39, 0.29) is 0 Å². The highest BCUT2D eigenvalue weighted by Crippen LogP contribution is 2.41. The van der Waals surface area contributed by atoms with Crippen LogP contribution in [0.15, 0.2) is 67.1 Å². The molecular formula is C18H14N2. The Hall–Kier alpha value is -2.48. The van der Waals surface area contributed by atoms with Gasteiger partial charge < -0.3 is 0 Å². The van der Waals surface area contributed by atoms with Gasteiger partial charge >= 0.3 is 0 Å². The van der Waals surface area contributed by atoms with E-state index in [2.05, 4.69) is 58.5 Å². The van der Waals surface area contributed by atoms with Gasteiger partial charge in [-0.2, -0.15) is 0 Å². The Balaban J connectivity index is 1.93. The zero-order valence-electron chi connectivity index (χ0n) is 11.0. The van der Waals surface area contributed by atoms with Crippen LogP contribution < -0.4 is 0 Å². The van der Waals surface area contributed by atoms with E-state index in [9.17, 15) is 0 Å². The van der Waals surface area contributed by atoms with Gasteiger partial charge in [-0.15, -0.1) is 0 Å². The third-order valence-electron chi connectivity index (χ3n) is 4.01. The zero-order valence-corrected chi connectivity index (χ0v) is 11.0. The predicted octanol–water partition coefficient (Wildman–Crippen LogP) is 3.83. The third-order valence-corrected chi connectivity index (χ3v) is 4.01. The van der Waals surface area contributed by atoms with E-state index in [4.69, 9.17) is 0 Å². The van der Waals surface area contributed by atoms with Crippen LogP contribution in [-0.2, 0) is 6.42 Å². The van der Waals surface area contributed by atoms with E-state index in [0.717, 1.165) is 12.1 Å². The van der Waals surface area contributed by atoms with Crippen molar-refractivity contribution in [2.75, 3.05) is 0 Å². The van der Waals surface area contributed by atoms with Crippen LogP contribution in [0.25, 0.3) is 11.1 Å². The van der Waals surface area contributed by atoms with Crippen LogP contribution in [0.3, 0.4) is 0 Å². The van der Waals surface area contributed by atoms with Crippen molar-refractivity contribution in [2.24, 2.45) is 0 Å². The molecule has 1 atom stereocenters. The molecule has 1 aliphatic carbocycles. The van der Waals surface area contributed by atoms with E-state index in [0.29, 0.717) is 5.92 Å². The molecule has 4 rings (SSSR count). The Bertz CT molecular complexity index is 750. The second kappa shape index (κ2) is 4.57. The Morgan fingerprint density at radius 2 is 1.65 bits per heavy atom. The molecule has 0 spiro atoms. The smallest absolute Gasteiger partial charge is 0.0664 e. The fraction of sp³-hybridized carbons (Fsp3) is 0.111. The number of hydrogen-bond donors (Lipinski definition) is 0. The fourth-order valence-electron chi connectivity index (χ4n) is 3.09. The number of rotatable bonds is 1. The van der Waals surface area contributed by atoms with E-state index >= 15 is 0 Å². The van der Waals surface area contributed by atoms with Gasteiger partial charge in [0, 0.05) is 24.5 Å². The molecule has 1 aliphatic rings. The third kappa shape index (κ3) is 1.73. The van der Waals surface area contributed by atoms with Gasteiger partial charge in [-0.1, -0.05) is 48.5 Å². The maximum atomic E-state index is 4.51. The van der Waals surface area contributed by atoms with E-state index in [1.54, 1.807) is 12.4 Å². The van der Waals surface area contributed by atoms with Crippen molar-refractivity contribution in [3.05, 3.63) is 83.9 Å². The molecule has 2 heteroatoms. The summed E-state index contributed by atoms with van der Waals surface area (Å²) in [5, 5.41) is 0. The summed E-state index contributed by atoms with van der Waals surface area (Å²) in [5.74, 6) is 0.301. The van der Waals surface area contributed by atoms with Crippen molar-refractivity contribution >= 4 is 0 Å². The number of nitrogens with zero attached hydrogens (tertiary/aromatic N) is 2.